The highest BCUT2D eigenvalue weighted by Gasteiger charge is 2.50. The fourth-order valence-electron chi connectivity index (χ4n) is 4.44. The van der Waals surface area contributed by atoms with Crippen LogP contribution in [0.3, 0.4) is 0 Å². The van der Waals surface area contributed by atoms with Crippen LogP contribution in [0.1, 0.15) is 50.8 Å². The number of anilines is 2. The topological polar surface area (TPSA) is 90.1 Å². The first-order valence-corrected chi connectivity index (χ1v) is 11.0. The van der Waals surface area contributed by atoms with Crippen LogP contribution in [-0.2, 0) is 17.8 Å². The maximum absolute atomic E-state index is 12.9. The molecule has 150 valence electrons. The van der Waals surface area contributed by atoms with Gasteiger partial charge in [-0.3, -0.25) is 0 Å². The molecule has 2 aliphatic rings. The number of nitrogens with zero attached hydrogens (tertiary/aromatic N) is 3. The van der Waals surface area contributed by atoms with Gasteiger partial charge in [0.05, 0.1) is 6.04 Å². The third-order valence-electron chi connectivity index (χ3n) is 6.06. The lowest BCUT2D eigenvalue weighted by molar-refractivity contribution is 0.176. The van der Waals surface area contributed by atoms with Crippen LogP contribution in [0.4, 0.5) is 11.6 Å². The van der Waals surface area contributed by atoms with E-state index < -0.39 is 11.4 Å². The smallest absolute Gasteiger partial charge is 0.136 e. The van der Waals surface area contributed by atoms with Gasteiger partial charge in [-0.05, 0) is 51.2 Å². The summed E-state index contributed by atoms with van der Waals surface area (Å²) in [5.74, 6) is 1.39. The molecule has 7 heteroatoms. The van der Waals surface area contributed by atoms with E-state index in [1.807, 2.05) is 26.8 Å². The van der Waals surface area contributed by atoms with Crippen molar-refractivity contribution in [2.75, 3.05) is 23.7 Å². The van der Waals surface area contributed by atoms with Crippen molar-refractivity contribution in [1.82, 2.24) is 14.7 Å². The van der Waals surface area contributed by atoms with E-state index >= 15 is 0 Å². The second-order valence-corrected chi connectivity index (χ2v) is 11.0. The molecule has 2 aromatic rings. The number of rotatable bonds is 3. The Bertz CT molecular complexity index is 845. The van der Waals surface area contributed by atoms with Crippen LogP contribution >= 0.6 is 0 Å². The first-order chi connectivity index (χ1) is 13.3. The molecule has 6 nitrogen and oxygen atoms in total. The van der Waals surface area contributed by atoms with E-state index in [9.17, 15) is 4.55 Å². The maximum Gasteiger partial charge on any atom is 0.136 e. The van der Waals surface area contributed by atoms with Crippen molar-refractivity contribution in [1.29, 1.82) is 0 Å². The summed E-state index contributed by atoms with van der Waals surface area (Å²) >= 11 is -1.11. The number of nitrogens with two attached hydrogens (primary N) is 1. The third kappa shape index (κ3) is 3.58. The van der Waals surface area contributed by atoms with Gasteiger partial charge in [0.25, 0.3) is 0 Å². The quantitative estimate of drug-likeness (QED) is 0.771. The number of aromatic nitrogens is 2. The van der Waals surface area contributed by atoms with Crippen molar-refractivity contribution in [2.24, 2.45) is 5.41 Å². The number of hydrogen-bond acceptors (Lipinski definition) is 6. The summed E-state index contributed by atoms with van der Waals surface area (Å²) in [6.45, 7) is 7.87. The van der Waals surface area contributed by atoms with Crippen LogP contribution in [0.15, 0.2) is 36.7 Å². The highest BCUT2D eigenvalue weighted by Crippen LogP contribution is 2.52. The minimum absolute atomic E-state index is 0.0830. The summed E-state index contributed by atoms with van der Waals surface area (Å²) in [7, 11) is 0. The number of piperidine rings is 1. The van der Waals surface area contributed by atoms with Gasteiger partial charge in [0, 0.05) is 35.9 Å². The minimum Gasteiger partial charge on any atom is -0.598 e. The zero-order valence-corrected chi connectivity index (χ0v) is 17.6. The summed E-state index contributed by atoms with van der Waals surface area (Å²) in [5, 5.41) is 0. The van der Waals surface area contributed by atoms with Gasteiger partial charge in [-0.2, -0.15) is 0 Å². The van der Waals surface area contributed by atoms with Gasteiger partial charge in [-0.25, -0.2) is 9.97 Å². The molecule has 1 aliphatic carbocycles. The number of fused-ring (bicyclic) bond motifs is 1. The Morgan fingerprint density at radius 3 is 2.61 bits per heavy atom. The van der Waals surface area contributed by atoms with E-state index in [4.69, 9.17) is 5.73 Å². The summed E-state index contributed by atoms with van der Waals surface area (Å²) in [5.41, 5.74) is 8.60. The van der Waals surface area contributed by atoms with E-state index in [0.717, 1.165) is 38.2 Å². The normalized spacial score (nSPS) is 22.3. The molecule has 0 saturated carbocycles. The fourth-order valence-corrected chi connectivity index (χ4v) is 5.39. The summed E-state index contributed by atoms with van der Waals surface area (Å²) < 4.78 is 16.2. The van der Waals surface area contributed by atoms with Crippen molar-refractivity contribution in [3.05, 3.63) is 47.8 Å². The highest BCUT2D eigenvalue weighted by molar-refractivity contribution is 7.90. The van der Waals surface area contributed by atoms with E-state index in [2.05, 4.69) is 43.9 Å². The van der Waals surface area contributed by atoms with Crippen molar-refractivity contribution in [3.63, 3.8) is 0 Å². The minimum atomic E-state index is -1.11. The lowest BCUT2D eigenvalue weighted by Gasteiger charge is -2.44. The predicted octanol–water partition coefficient (Wildman–Crippen LogP) is 2.99. The van der Waals surface area contributed by atoms with Crippen LogP contribution in [0, 0.1) is 5.41 Å². The molecule has 1 aromatic carbocycles. The van der Waals surface area contributed by atoms with Crippen LogP contribution in [0.2, 0.25) is 0 Å². The van der Waals surface area contributed by atoms with Crippen LogP contribution in [0.25, 0.3) is 0 Å². The van der Waals surface area contributed by atoms with E-state index in [1.54, 1.807) is 0 Å². The van der Waals surface area contributed by atoms with Gasteiger partial charge >= 0.3 is 0 Å². The average Bonchev–Trinajstić information content (AvgIpc) is 2.95. The number of benzene rings is 1. The molecule has 0 radical (unpaired) electrons. The summed E-state index contributed by atoms with van der Waals surface area (Å²) in [4.78, 5) is 10.7. The lowest BCUT2D eigenvalue weighted by Crippen LogP contribution is -2.49. The molecule has 2 heterocycles. The molecule has 0 amide bonds. The molecule has 1 aliphatic heterocycles. The second kappa shape index (κ2) is 7.21. The van der Waals surface area contributed by atoms with Crippen molar-refractivity contribution >= 4 is 23.0 Å². The standard InChI is InChI=1S/C21H29N5OS/c1-20(2,3)28(27)25-19-16-7-5-4-6-15(16)13-21(19)8-10-26(11-9-21)18-12-17(22)23-14-24-18/h4-7,12,14,19,25H,8-11,13H2,1-3H3,(H2,22,23,24)/t19-,28-/m1/s1. The Morgan fingerprint density at radius 1 is 1.21 bits per heavy atom. The molecule has 0 unspecified atom stereocenters. The van der Waals surface area contributed by atoms with E-state index in [0.29, 0.717) is 5.82 Å². The Hall–Kier alpha value is -1.83. The van der Waals surface area contributed by atoms with Gasteiger partial charge in [0.2, 0.25) is 0 Å². The first kappa shape index (κ1) is 19.5. The largest absolute Gasteiger partial charge is 0.598 e. The maximum atomic E-state index is 12.9. The molecule has 1 saturated heterocycles. The Labute approximate surface area is 170 Å². The molecule has 1 fully saturated rings. The number of hydrogen-bond donors (Lipinski definition) is 2. The third-order valence-corrected chi connectivity index (χ3v) is 7.62. The number of nitrogen functional groups attached to an aromatic ring is 1. The molecular weight excluding hydrogens is 370 g/mol. The van der Waals surface area contributed by atoms with E-state index in [1.165, 1.54) is 17.5 Å². The SMILES string of the molecule is CC(C)(C)[S@@+]([O-])N[C@@H]1c2ccccc2CC12CCN(c1cc(N)ncn1)CC2. The highest BCUT2D eigenvalue weighted by atomic mass is 32.2. The van der Waals surface area contributed by atoms with E-state index in [-0.39, 0.29) is 16.2 Å². The van der Waals surface area contributed by atoms with Gasteiger partial charge in [0.1, 0.15) is 22.7 Å². The molecule has 4 rings (SSSR count). The predicted molar refractivity (Wildman–Crippen MR) is 114 cm³/mol. The molecule has 2 atom stereocenters. The van der Waals surface area contributed by atoms with Gasteiger partial charge < -0.3 is 15.2 Å². The average molecular weight is 400 g/mol. The first-order valence-electron chi connectivity index (χ1n) is 9.87. The second-order valence-electron chi connectivity index (χ2n) is 8.96. The molecule has 3 N–H and O–H groups in total. The Morgan fingerprint density at radius 2 is 1.93 bits per heavy atom. The van der Waals surface area contributed by atoms with Crippen LogP contribution < -0.4 is 15.4 Å². The van der Waals surface area contributed by atoms with Crippen LogP contribution in [-0.4, -0.2) is 32.4 Å². The van der Waals surface area contributed by atoms with Crippen molar-refractivity contribution < 1.29 is 4.55 Å². The number of nitrogens with one attached hydrogen (secondary N) is 1. The molecule has 1 aromatic heterocycles. The Balaban J connectivity index is 1.57. The van der Waals surface area contributed by atoms with Gasteiger partial charge in [-0.15, -0.1) is 4.72 Å². The fraction of sp³-hybridized carbons (Fsp3) is 0.524. The monoisotopic (exact) mass is 399 g/mol. The molecule has 28 heavy (non-hydrogen) atoms. The molecule has 1 spiro atoms. The molecular formula is C21H29N5OS. The summed E-state index contributed by atoms with van der Waals surface area (Å²) in [6.07, 6.45) is 4.59. The van der Waals surface area contributed by atoms with Crippen molar-refractivity contribution in [2.45, 2.75) is 50.8 Å². The zero-order valence-electron chi connectivity index (χ0n) is 16.8. The van der Waals surface area contributed by atoms with Crippen molar-refractivity contribution in [3.8, 4) is 0 Å². The molecule has 0 bridgehead atoms. The van der Waals surface area contributed by atoms with Crippen LogP contribution in [0.5, 0.6) is 0 Å². The lowest BCUT2D eigenvalue weighted by atomic mass is 9.73. The zero-order chi connectivity index (χ0) is 19.9. The Kier molecular flexibility index (Phi) is 5.02. The summed E-state index contributed by atoms with van der Waals surface area (Å²) in [6, 6.07) is 10.6. The van der Waals surface area contributed by atoms with Gasteiger partial charge in [-0.1, -0.05) is 24.3 Å². The van der Waals surface area contributed by atoms with Gasteiger partial charge in [0.15, 0.2) is 0 Å².